The molecule has 0 atom stereocenters. The highest BCUT2D eigenvalue weighted by molar-refractivity contribution is 6.10. The predicted molar refractivity (Wildman–Crippen MR) is 123 cm³/mol. The van der Waals surface area contributed by atoms with E-state index in [1.807, 2.05) is 47.4 Å². The number of hydrogen-bond donors (Lipinski definition) is 0. The zero-order valence-corrected chi connectivity index (χ0v) is 18.6. The summed E-state index contributed by atoms with van der Waals surface area (Å²) in [5, 5.41) is 0. The molecule has 0 bridgehead atoms. The first kappa shape index (κ1) is 22.9. The third kappa shape index (κ3) is 4.34. The first-order valence-corrected chi connectivity index (χ1v) is 11.1. The van der Waals surface area contributed by atoms with E-state index in [1.165, 1.54) is 4.90 Å². The minimum absolute atomic E-state index is 0.0660. The lowest BCUT2D eigenvalue weighted by Gasteiger charge is -2.36. The Balaban J connectivity index is 1.29. The zero-order chi connectivity index (χ0) is 24.7. The van der Waals surface area contributed by atoms with E-state index in [0.29, 0.717) is 43.4 Å². The van der Waals surface area contributed by atoms with Gasteiger partial charge in [0.15, 0.2) is 0 Å². The predicted octanol–water partition coefficient (Wildman–Crippen LogP) is 4.97. The van der Waals surface area contributed by atoms with Gasteiger partial charge in [-0.15, -0.1) is 0 Å². The first-order valence-electron chi connectivity index (χ1n) is 11.1. The van der Waals surface area contributed by atoms with E-state index >= 15 is 0 Å². The number of alkyl halides is 3. The smallest absolute Gasteiger partial charge is 0.368 e. The Bertz CT molecular complexity index is 1290. The van der Waals surface area contributed by atoms with E-state index in [1.54, 1.807) is 11.0 Å². The number of fused-ring (bicyclic) bond motifs is 1. The molecule has 0 radical (unpaired) electrons. The summed E-state index contributed by atoms with van der Waals surface area (Å²) >= 11 is 0. The standard InChI is InChI=1S/C26H21F4N3O2/c27-18-6-9-23(26(28,29)30)22(15-18)24(34)32-12-10-31(11-13-32)20-7-8-21-17(14-20)16-33(25(21)35)19-4-2-1-3-5-19/h1-9,14-15H,10-13,16H2. The number of anilines is 2. The van der Waals surface area contributed by atoms with Gasteiger partial charge in [-0.2, -0.15) is 13.2 Å². The average Bonchev–Trinajstić information content (AvgIpc) is 3.19. The number of halogens is 4. The van der Waals surface area contributed by atoms with Gasteiger partial charge in [0.25, 0.3) is 11.8 Å². The van der Waals surface area contributed by atoms with Crippen molar-refractivity contribution in [1.29, 1.82) is 0 Å². The van der Waals surface area contributed by atoms with Crippen molar-refractivity contribution in [3.63, 3.8) is 0 Å². The van der Waals surface area contributed by atoms with Crippen molar-refractivity contribution in [2.75, 3.05) is 36.0 Å². The molecule has 1 fully saturated rings. The van der Waals surface area contributed by atoms with Crippen LogP contribution in [0.2, 0.25) is 0 Å². The van der Waals surface area contributed by atoms with Crippen LogP contribution in [0, 0.1) is 5.82 Å². The number of piperazine rings is 1. The van der Waals surface area contributed by atoms with E-state index in [9.17, 15) is 27.2 Å². The Labute approximate surface area is 199 Å². The number of amides is 2. The van der Waals surface area contributed by atoms with E-state index < -0.39 is 29.0 Å². The fraction of sp³-hybridized carbons (Fsp3) is 0.231. The fourth-order valence-corrected chi connectivity index (χ4v) is 4.60. The van der Waals surface area contributed by atoms with E-state index in [2.05, 4.69) is 0 Å². The van der Waals surface area contributed by atoms with E-state index in [0.717, 1.165) is 16.9 Å². The van der Waals surface area contributed by atoms with Gasteiger partial charge in [0.2, 0.25) is 0 Å². The van der Waals surface area contributed by atoms with Crippen molar-refractivity contribution in [2.45, 2.75) is 12.7 Å². The summed E-state index contributed by atoms with van der Waals surface area (Å²) < 4.78 is 53.6. The van der Waals surface area contributed by atoms with Crippen molar-refractivity contribution < 1.29 is 27.2 Å². The van der Waals surface area contributed by atoms with E-state index in [-0.39, 0.29) is 19.0 Å². The number of carbonyl (C=O) groups is 2. The molecule has 0 spiro atoms. The summed E-state index contributed by atoms with van der Waals surface area (Å²) in [5.74, 6) is -1.80. The number of para-hydroxylation sites is 1. The fourth-order valence-electron chi connectivity index (χ4n) is 4.60. The molecule has 2 aliphatic rings. The number of rotatable bonds is 3. The number of carbonyl (C=O) groups excluding carboxylic acids is 2. The van der Waals surface area contributed by atoms with Gasteiger partial charge < -0.3 is 14.7 Å². The normalized spacial score (nSPS) is 16.0. The van der Waals surface area contributed by atoms with E-state index in [4.69, 9.17) is 0 Å². The second-order valence-corrected chi connectivity index (χ2v) is 8.54. The summed E-state index contributed by atoms with van der Waals surface area (Å²) in [6.07, 6.45) is -4.75. The lowest BCUT2D eigenvalue weighted by Crippen LogP contribution is -2.49. The molecule has 5 rings (SSSR count). The van der Waals surface area contributed by atoms with Crippen LogP contribution >= 0.6 is 0 Å². The highest BCUT2D eigenvalue weighted by atomic mass is 19.4. The van der Waals surface area contributed by atoms with Gasteiger partial charge in [-0.1, -0.05) is 18.2 Å². The van der Waals surface area contributed by atoms with Crippen LogP contribution in [-0.2, 0) is 12.7 Å². The molecule has 2 amide bonds. The molecule has 0 N–H and O–H groups in total. The second kappa shape index (κ2) is 8.72. The van der Waals surface area contributed by atoms with Gasteiger partial charge in [-0.25, -0.2) is 4.39 Å². The van der Waals surface area contributed by atoms with Crippen LogP contribution < -0.4 is 9.80 Å². The third-order valence-corrected chi connectivity index (χ3v) is 6.41. The topological polar surface area (TPSA) is 43.9 Å². The maximum atomic E-state index is 13.6. The highest BCUT2D eigenvalue weighted by Gasteiger charge is 2.37. The van der Waals surface area contributed by atoms with Crippen LogP contribution in [-0.4, -0.2) is 42.9 Å². The Morgan fingerprint density at radius 3 is 2.23 bits per heavy atom. The molecule has 3 aromatic carbocycles. The Morgan fingerprint density at radius 1 is 0.829 bits per heavy atom. The minimum atomic E-state index is -4.75. The molecule has 1 saturated heterocycles. The summed E-state index contributed by atoms with van der Waals surface area (Å²) in [6.45, 7) is 1.64. The SMILES string of the molecule is O=C(c1cc(F)ccc1C(F)(F)F)N1CCN(c2ccc3c(c2)CN(c2ccccc2)C3=O)CC1. The van der Waals surface area contributed by atoms with Crippen molar-refractivity contribution in [2.24, 2.45) is 0 Å². The van der Waals surface area contributed by atoms with Gasteiger partial charge in [0.1, 0.15) is 5.82 Å². The summed E-state index contributed by atoms with van der Waals surface area (Å²) in [6, 6.07) is 16.9. The van der Waals surface area contributed by atoms with Gasteiger partial charge in [0.05, 0.1) is 17.7 Å². The molecule has 0 saturated carbocycles. The van der Waals surface area contributed by atoms with Crippen LogP contribution in [0.4, 0.5) is 28.9 Å². The zero-order valence-electron chi connectivity index (χ0n) is 18.6. The van der Waals surface area contributed by atoms with Crippen LogP contribution in [0.25, 0.3) is 0 Å². The molecule has 2 heterocycles. The van der Waals surface area contributed by atoms with Crippen LogP contribution in [0.5, 0.6) is 0 Å². The molecule has 2 aliphatic heterocycles. The number of benzene rings is 3. The van der Waals surface area contributed by atoms with Gasteiger partial charge in [0, 0.05) is 43.1 Å². The third-order valence-electron chi connectivity index (χ3n) is 6.41. The second-order valence-electron chi connectivity index (χ2n) is 8.54. The van der Waals surface area contributed by atoms with Crippen LogP contribution in [0.1, 0.15) is 31.8 Å². The first-order chi connectivity index (χ1) is 16.7. The van der Waals surface area contributed by atoms with Crippen molar-refractivity contribution in [1.82, 2.24) is 4.90 Å². The maximum Gasteiger partial charge on any atom is 0.417 e. The Hall–Kier alpha value is -3.88. The molecular weight excluding hydrogens is 462 g/mol. The monoisotopic (exact) mass is 483 g/mol. The number of hydrogen-bond acceptors (Lipinski definition) is 3. The Morgan fingerprint density at radius 2 is 1.54 bits per heavy atom. The highest BCUT2D eigenvalue weighted by Crippen LogP contribution is 2.34. The molecule has 0 unspecified atom stereocenters. The lowest BCUT2D eigenvalue weighted by molar-refractivity contribution is -0.138. The molecule has 180 valence electrons. The molecule has 3 aromatic rings. The molecule has 9 heteroatoms. The van der Waals surface area contributed by atoms with Crippen LogP contribution in [0.15, 0.2) is 66.7 Å². The molecular formula is C26H21F4N3O2. The largest absolute Gasteiger partial charge is 0.417 e. The molecule has 5 nitrogen and oxygen atoms in total. The molecule has 35 heavy (non-hydrogen) atoms. The molecule has 0 aliphatic carbocycles. The van der Waals surface area contributed by atoms with Crippen molar-refractivity contribution in [3.05, 3.63) is 94.8 Å². The van der Waals surface area contributed by atoms with Crippen LogP contribution in [0.3, 0.4) is 0 Å². The number of nitrogens with zero attached hydrogens (tertiary/aromatic N) is 3. The minimum Gasteiger partial charge on any atom is -0.368 e. The quantitative estimate of drug-likeness (QED) is 0.495. The summed E-state index contributed by atoms with van der Waals surface area (Å²) in [7, 11) is 0. The van der Waals surface area contributed by atoms with Crippen molar-refractivity contribution >= 4 is 23.2 Å². The Kier molecular flexibility index (Phi) is 5.70. The van der Waals surface area contributed by atoms with Gasteiger partial charge in [-0.3, -0.25) is 9.59 Å². The maximum absolute atomic E-state index is 13.6. The van der Waals surface area contributed by atoms with Crippen molar-refractivity contribution in [3.8, 4) is 0 Å². The van der Waals surface area contributed by atoms with Gasteiger partial charge >= 0.3 is 6.18 Å². The summed E-state index contributed by atoms with van der Waals surface area (Å²) in [5.41, 5.74) is 1.40. The molecule has 0 aromatic heterocycles. The summed E-state index contributed by atoms with van der Waals surface area (Å²) in [4.78, 5) is 30.7. The van der Waals surface area contributed by atoms with Gasteiger partial charge in [-0.05, 0) is 54.1 Å². The lowest BCUT2D eigenvalue weighted by atomic mass is 10.0. The average molecular weight is 483 g/mol.